The molecule has 0 aromatic heterocycles. The van der Waals surface area contributed by atoms with Gasteiger partial charge >= 0.3 is 0 Å². The standard InChI is InChI=1S/C16H24N2O3.ClH/c1-3-14(21-12-6-4-5-7-12)16(19)18-11-8-9-15(20-2)13(17)10-11;/h8-10,12,14H,3-7,17H2,1-2H3,(H,18,19);1H. The van der Waals surface area contributed by atoms with Gasteiger partial charge in [-0.3, -0.25) is 4.79 Å². The van der Waals surface area contributed by atoms with E-state index < -0.39 is 6.10 Å². The van der Waals surface area contributed by atoms with E-state index in [2.05, 4.69) is 5.32 Å². The van der Waals surface area contributed by atoms with E-state index in [4.69, 9.17) is 15.2 Å². The molecule has 0 bridgehead atoms. The van der Waals surface area contributed by atoms with Crippen LogP contribution in [-0.4, -0.2) is 25.2 Å². The second kappa shape index (κ2) is 8.86. The number of benzene rings is 1. The summed E-state index contributed by atoms with van der Waals surface area (Å²) in [5.74, 6) is 0.483. The lowest BCUT2D eigenvalue weighted by Crippen LogP contribution is -2.32. The van der Waals surface area contributed by atoms with Crippen LogP contribution in [0.1, 0.15) is 39.0 Å². The highest BCUT2D eigenvalue weighted by molar-refractivity contribution is 5.94. The van der Waals surface area contributed by atoms with E-state index in [1.807, 2.05) is 6.92 Å². The van der Waals surface area contributed by atoms with Crippen LogP contribution in [0.2, 0.25) is 0 Å². The molecule has 6 heteroatoms. The highest BCUT2D eigenvalue weighted by atomic mass is 35.5. The van der Waals surface area contributed by atoms with Crippen LogP contribution in [0, 0.1) is 0 Å². The maximum Gasteiger partial charge on any atom is 0.253 e. The molecule has 1 saturated carbocycles. The highest BCUT2D eigenvalue weighted by Crippen LogP contribution is 2.26. The molecule has 2 rings (SSSR count). The Bertz CT molecular complexity index is 490. The first-order chi connectivity index (χ1) is 10.1. The SMILES string of the molecule is CCC(OC1CCCC1)C(=O)Nc1ccc(OC)c(N)c1.Cl. The maximum absolute atomic E-state index is 12.3. The third kappa shape index (κ3) is 4.78. The number of halogens is 1. The van der Waals surface area contributed by atoms with Gasteiger partial charge in [-0.2, -0.15) is 0 Å². The van der Waals surface area contributed by atoms with Crippen LogP contribution in [-0.2, 0) is 9.53 Å². The van der Waals surface area contributed by atoms with Crippen molar-refractivity contribution in [1.82, 2.24) is 0 Å². The molecule has 1 aliphatic rings. The maximum atomic E-state index is 12.3. The largest absolute Gasteiger partial charge is 0.495 e. The number of nitrogen functional groups attached to an aromatic ring is 1. The summed E-state index contributed by atoms with van der Waals surface area (Å²) in [4.78, 5) is 12.3. The number of carbonyl (C=O) groups is 1. The van der Waals surface area contributed by atoms with Gasteiger partial charge in [0.05, 0.1) is 18.9 Å². The minimum Gasteiger partial charge on any atom is -0.495 e. The molecule has 1 fully saturated rings. The molecular weight excluding hydrogens is 304 g/mol. The Morgan fingerprint density at radius 3 is 2.64 bits per heavy atom. The average molecular weight is 329 g/mol. The Hall–Kier alpha value is -1.46. The van der Waals surface area contributed by atoms with Gasteiger partial charge in [0.1, 0.15) is 11.9 Å². The number of amides is 1. The summed E-state index contributed by atoms with van der Waals surface area (Å²) in [7, 11) is 1.56. The number of nitrogens with one attached hydrogen (secondary N) is 1. The van der Waals surface area contributed by atoms with E-state index in [1.165, 1.54) is 12.8 Å². The van der Waals surface area contributed by atoms with Crippen LogP contribution in [0.5, 0.6) is 5.75 Å². The number of methoxy groups -OCH3 is 1. The van der Waals surface area contributed by atoms with Gasteiger partial charge in [-0.25, -0.2) is 0 Å². The van der Waals surface area contributed by atoms with Crippen LogP contribution in [0.4, 0.5) is 11.4 Å². The summed E-state index contributed by atoms with van der Waals surface area (Å²) in [5.41, 5.74) is 7.00. The zero-order valence-corrected chi connectivity index (χ0v) is 13.9. The van der Waals surface area contributed by atoms with Crippen molar-refractivity contribution in [2.45, 2.75) is 51.2 Å². The van der Waals surface area contributed by atoms with Crippen LogP contribution in [0.15, 0.2) is 18.2 Å². The minimum absolute atomic E-state index is 0. The molecule has 1 atom stereocenters. The summed E-state index contributed by atoms with van der Waals surface area (Å²) in [5, 5.41) is 2.86. The lowest BCUT2D eigenvalue weighted by molar-refractivity contribution is -0.131. The van der Waals surface area contributed by atoms with Crippen LogP contribution in [0.3, 0.4) is 0 Å². The van der Waals surface area contributed by atoms with Crippen molar-refractivity contribution in [2.24, 2.45) is 0 Å². The third-order valence-electron chi connectivity index (χ3n) is 3.82. The summed E-state index contributed by atoms with van der Waals surface area (Å²) in [6, 6.07) is 5.21. The number of anilines is 2. The van der Waals surface area contributed by atoms with Crippen LogP contribution >= 0.6 is 12.4 Å². The third-order valence-corrected chi connectivity index (χ3v) is 3.82. The molecule has 1 unspecified atom stereocenters. The summed E-state index contributed by atoms with van der Waals surface area (Å²) < 4.78 is 11.0. The predicted molar refractivity (Wildman–Crippen MR) is 90.7 cm³/mol. The quantitative estimate of drug-likeness (QED) is 0.785. The number of hydrogen-bond donors (Lipinski definition) is 2. The summed E-state index contributed by atoms with van der Waals surface area (Å²) in [6.07, 6.45) is 4.97. The molecule has 1 amide bonds. The van der Waals surface area contributed by atoms with Crippen molar-refractivity contribution >= 4 is 29.7 Å². The Kier molecular flexibility index (Phi) is 7.48. The first-order valence-corrected chi connectivity index (χ1v) is 7.54. The Balaban J connectivity index is 0.00000242. The van der Waals surface area contributed by atoms with Gasteiger partial charge in [0, 0.05) is 5.69 Å². The van der Waals surface area contributed by atoms with Crippen molar-refractivity contribution in [3.63, 3.8) is 0 Å². The van der Waals surface area contributed by atoms with Gasteiger partial charge in [0.15, 0.2) is 0 Å². The molecule has 1 aliphatic carbocycles. The molecule has 0 heterocycles. The number of hydrogen-bond acceptors (Lipinski definition) is 4. The normalized spacial score (nSPS) is 15.9. The van der Waals surface area contributed by atoms with E-state index in [0.717, 1.165) is 12.8 Å². The number of nitrogens with two attached hydrogens (primary N) is 1. The van der Waals surface area contributed by atoms with Crippen molar-refractivity contribution < 1.29 is 14.3 Å². The second-order valence-corrected chi connectivity index (χ2v) is 5.39. The number of rotatable bonds is 6. The molecule has 22 heavy (non-hydrogen) atoms. The molecule has 1 aromatic carbocycles. The number of carbonyl (C=O) groups excluding carboxylic acids is 1. The van der Waals surface area contributed by atoms with Gasteiger partial charge in [0.2, 0.25) is 0 Å². The zero-order valence-electron chi connectivity index (χ0n) is 13.1. The summed E-state index contributed by atoms with van der Waals surface area (Å²) >= 11 is 0. The van der Waals surface area contributed by atoms with Gasteiger partial charge < -0.3 is 20.5 Å². The van der Waals surface area contributed by atoms with Crippen molar-refractivity contribution in [3.8, 4) is 5.75 Å². The molecule has 3 N–H and O–H groups in total. The predicted octanol–water partition coefficient (Wildman–Crippen LogP) is 3.38. The number of ether oxygens (including phenoxy) is 2. The average Bonchev–Trinajstić information content (AvgIpc) is 2.98. The molecule has 1 aromatic rings. The van der Waals surface area contributed by atoms with E-state index in [9.17, 15) is 4.79 Å². The van der Waals surface area contributed by atoms with E-state index in [-0.39, 0.29) is 24.4 Å². The van der Waals surface area contributed by atoms with Gasteiger partial charge in [-0.05, 0) is 37.5 Å². The molecule has 0 aliphatic heterocycles. The Labute approximate surface area is 138 Å². The smallest absolute Gasteiger partial charge is 0.253 e. The van der Waals surface area contributed by atoms with Gasteiger partial charge in [-0.1, -0.05) is 19.8 Å². The fourth-order valence-electron chi connectivity index (χ4n) is 2.64. The van der Waals surface area contributed by atoms with Crippen molar-refractivity contribution in [2.75, 3.05) is 18.2 Å². The molecule has 0 radical (unpaired) electrons. The minimum atomic E-state index is -0.406. The van der Waals surface area contributed by atoms with E-state index in [0.29, 0.717) is 23.5 Å². The van der Waals surface area contributed by atoms with Gasteiger partial charge in [0.25, 0.3) is 5.91 Å². The topological polar surface area (TPSA) is 73.6 Å². The Morgan fingerprint density at radius 2 is 2.09 bits per heavy atom. The molecule has 5 nitrogen and oxygen atoms in total. The van der Waals surface area contributed by atoms with E-state index in [1.54, 1.807) is 25.3 Å². The first-order valence-electron chi connectivity index (χ1n) is 7.54. The van der Waals surface area contributed by atoms with E-state index >= 15 is 0 Å². The molecule has 0 spiro atoms. The van der Waals surface area contributed by atoms with Crippen LogP contribution < -0.4 is 15.8 Å². The first kappa shape index (κ1) is 18.6. The highest BCUT2D eigenvalue weighted by Gasteiger charge is 2.24. The fourth-order valence-corrected chi connectivity index (χ4v) is 2.64. The molecular formula is C16H25ClN2O3. The van der Waals surface area contributed by atoms with Crippen molar-refractivity contribution in [1.29, 1.82) is 0 Å². The fraction of sp³-hybridized carbons (Fsp3) is 0.562. The lowest BCUT2D eigenvalue weighted by Gasteiger charge is -2.20. The van der Waals surface area contributed by atoms with Crippen molar-refractivity contribution in [3.05, 3.63) is 18.2 Å². The summed E-state index contributed by atoms with van der Waals surface area (Å²) in [6.45, 7) is 1.96. The van der Waals surface area contributed by atoms with Gasteiger partial charge in [-0.15, -0.1) is 12.4 Å². The molecule has 0 saturated heterocycles. The lowest BCUT2D eigenvalue weighted by atomic mass is 10.2. The van der Waals surface area contributed by atoms with Crippen LogP contribution in [0.25, 0.3) is 0 Å². The Morgan fingerprint density at radius 1 is 1.41 bits per heavy atom. The molecule has 124 valence electrons. The monoisotopic (exact) mass is 328 g/mol. The zero-order chi connectivity index (χ0) is 15.2. The second-order valence-electron chi connectivity index (χ2n) is 5.39.